The maximum Gasteiger partial charge on any atom is 0.166 e. The van der Waals surface area contributed by atoms with Gasteiger partial charge in [0.15, 0.2) is 11.6 Å². The van der Waals surface area contributed by atoms with Gasteiger partial charge in [-0.1, -0.05) is 37.6 Å². The molecule has 3 rings (SSSR count). The van der Waals surface area contributed by atoms with E-state index in [2.05, 4.69) is 41.3 Å². The average molecular weight is 370 g/mol. The fraction of sp³-hybridized carbons (Fsp3) is 0.333. The molecule has 0 aliphatic rings. The first-order valence-corrected chi connectivity index (χ1v) is 9.52. The normalized spacial score (nSPS) is 11.1. The summed E-state index contributed by atoms with van der Waals surface area (Å²) in [6.07, 6.45) is 2.36. The van der Waals surface area contributed by atoms with E-state index in [1.54, 1.807) is 0 Å². The van der Waals surface area contributed by atoms with E-state index in [1.165, 1.54) is 5.56 Å². The largest absolute Gasteiger partial charge is 0.491 e. The first-order valence-electron chi connectivity index (χ1n) is 8.99. The lowest BCUT2D eigenvalue weighted by Gasteiger charge is -2.11. The monoisotopic (exact) mass is 369 g/mol. The van der Waals surface area contributed by atoms with Gasteiger partial charge in [-0.15, -0.1) is 16.7 Å². The molecular formula is C21H24ClN3O. The zero-order chi connectivity index (χ0) is 18.5. The summed E-state index contributed by atoms with van der Waals surface area (Å²) in [5.74, 6) is 2.53. The van der Waals surface area contributed by atoms with Crippen LogP contribution in [-0.2, 0) is 12.3 Å². The summed E-state index contributed by atoms with van der Waals surface area (Å²) in [4.78, 5) is 4.61. The van der Waals surface area contributed by atoms with Crippen molar-refractivity contribution in [1.82, 2.24) is 14.8 Å². The van der Waals surface area contributed by atoms with Gasteiger partial charge in [0.1, 0.15) is 5.75 Å². The predicted molar refractivity (Wildman–Crippen MR) is 106 cm³/mol. The van der Waals surface area contributed by atoms with Crippen LogP contribution in [0.3, 0.4) is 0 Å². The van der Waals surface area contributed by atoms with Crippen molar-refractivity contribution in [2.75, 3.05) is 0 Å². The van der Waals surface area contributed by atoms with Crippen LogP contribution in [-0.4, -0.2) is 20.9 Å². The van der Waals surface area contributed by atoms with Crippen molar-refractivity contribution in [3.8, 4) is 22.8 Å². The molecule has 136 valence electrons. The Hall–Kier alpha value is -2.33. The number of alkyl halides is 1. The number of ether oxygens (including phenoxy) is 1. The quantitative estimate of drug-likeness (QED) is 0.522. The molecule has 0 bridgehead atoms. The first kappa shape index (κ1) is 18.5. The van der Waals surface area contributed by atoms with Crippen molar-refractivity contribution in [2.24, 2.45) is 0 Å². The van der Waals surface area contributed by atoms with Crippen LogP contribution in [0.2, 0.25) is 0 Å². The summed E-state index contributed by atoms with van der Waals surface area (Å²) in [6.45, 7) is 6.21. The second kappa shape index (κ2) is 8.37. The Labute approximate surface area is 159 Å². The molecule has 0 aliphatic carbocycles. The molecule has 0 amide bonds. The highest BCUT2D eigenvalue weighted by molar-refractivity contribution is 6.16. The van der Waals surface area contributed by atoms with E-state index in [1.807, 2.05) is 42.8 Å². The highest BCUT2D eigenvalue weighted by Crippen LogP contribution is 2.24. The van der Waals surface area contributed by atoms with E-state index in [9.17, 15) is 0 Å². The SMILES string of the molecule is CCCc1ccc(-c2nc(CCl)nn2-c2ccc(OC(C)C)cc2)cc1. The Kier molecular flexibility index (Phi) is 5.94. The van der Waals surface area contributed by atoms with Gasteiger partial charge in [0, 0.05) is 5.56 Å². The van der Waals surface area contributed by atoms with Gasteiger partial charge in [0.2, 0.25) is 0 Å². The minimum absolute atomic E-state index is 0.146. The average Bonchev–Trinajstić information content (AvgIpc) is 3.07. The van der Waals surface area contributed by atoms with Crippen molar-refractivity contribution in [3.05, 3.63) is 59.9 Å². The number of hydrogen-bond acceptors (Lipinski definition) is 3. The van der Waals surface area contributed by atoms with Crippen molar-refractivity contribution in [2.45, 2.75) is 45.6 Å². The highest BCUT2D eigenvalue weighted by Gasteiger charge is 2.13. The Morgan fingerprint density at radius 1 is 1.04 bits per heavy atom. The number of aromatic nitrogens is 3. The molecule has 0 N–H and O–H groups in total. The van der Waals surface area contributed by atoms with Gasteiger partial charge < -0.3 is 4.74 Å². The standard InChI is InChI=1S/C21H24ClN3O/c1-4-5-16-6-8-17(9-7-16)21-23-20(14-22)24-25(21)18-10-12-19(13-11-18)26-15(2)3/h6-13,15H,4-5,14H2,1-3H3. The molecule has 0 atom stereocenters. The molecule has 0 unspecified atom stereocenters. The molecule has 0 saturated carbocycles. The minimum Gasteiger partial charge on any atom is -0.491 e. The number of rotatable bonds is 7. The molecular weight excluding hydrogens is 346 g/mol. The van der Waals surface area contributed by atoms with Crippen LogP contribution < -0.4 is 4.74 Å². The molecule has 0 saturated heterocycles. The molecule has 26 heavy (non-hydrogen) atoms. The topological polar surface area (TPSA) is 39.9 Å². The molecule has 2 aromatic carbocycles. The van der Waals surface area contributed by atoms with Crippen LogP contribution in [0.5, 0.6) is 5.75 Å². The zero-order valence-corrected chi connectivity index (χ0v) is 16.2. The zero-order valence-electron chi connectivity index (χ0n) is 15.4. The molecule has 1 heterocycles. The third-order valence-corrected chi connectivity index (χ3v) is 4.21. The number of halogens is 1. The van der Waals surface area contributed by atoms with E-state index in [0.29, 0.717) is 5.82 Å². The van der Waals surface area contributed by atoms with Crippen LogP contribution in [0.15, 0.2) is 48.5 Å². The lowest BCUT2D eigenvalue weighted by atomic mass is 10.1. The molecule has 4 nitrogen and oxygen atoms in total. The van der Waals surface area contributed by atoms with Gasteiger partial charge in [0.25, 0.3) is 0 Å². The number of benzene rings is 2. The van der Waals surface area contributed by atoms with Crippen molar-refractivity contribution in [3.63, 3.8) is 0 Å². The summed E-state index contributed by atoms with van der Waals surface area (Å²) < 4.78 is 7.56. The molecule has 5 heteroatoms. The van der Waals surface area contributed by atoms with E-state index < -0.39 is 0 Å². The van der Waals surface area contributed by atoms with Crippen LogP contribution in [0, 0.1) is 0 Å². The van der Waals surface area contributed by atoms with Gasteiger partial charge in [-0.3, -0.25) is 0 Å². The lowest BCUT2D eigenvalue weighted by molar-refractivity contribution is 0.242. The summed E-state index contributed by atoms with van der Waals surface area (Å²) in [6, 6.07) is 16.4. The van der Waals surface area contributed by atoms with Gasteiger partial charge in [-0.05, 0) is 50.1 Å². The van der Waals surface area contributed by atoms with Crippen molar-refractivity contribution < 1.29 is 4.74 Å². The van der Waals surface area contributed by atoms with Gasteiger partial charge >= 0.3 is 0 Å². The van der Waals surface area contributed by atoms with E-state index in [0.717, 1.165) is 35.7 Å². The molecule has 0 aliphatic heterocycles. The van der Waals surface area contributed by atoms with Crippen molar-refractivity contribution in [1.29, 1.82) is 0 Å². The molecule has 1 aromatic heterocycles. The Bertz CT molecular complexity index is 839. The third kappa shape index (κ3) is 4.25. The smallest absolute Gasteiger partial charge is 0.166 e. The summed E-state index contributed by atoms with van der Waals surface area (Å²) in [5, 5.41) is 4.56. The second-order valence-corrected chi connectivity index (χ2v) is 6.77. The minimum atomic E-state index is 0.146. The fourth-order valence-corrected chi connectivity index (χ4v) is 2.94. The Morgan fingerprint density at radius 2 is 1.73 bits per heavy atom. The second-order valence-electron chi connectivity index (χ2n) is 6.50. The van der Waals surface area contributed by atoms with Crippen LogP contribution in [0.1, 0.15) is 38.6 Å². The van der Waals surface area contributed by atoms with Crippen molar-refractivity contribution >= 4 is 11.6 Å². The summed E-state index contributed by atoms with van der Waals surface area (Å²) in [5.41, 5.74) is 3.28. The van der Waals surface area contributed by atoms with Gasteiger partial charge in [-0.2, -0.15) is 0 Å². The maximum absolute atomic E-state index is 5.98. The van der Waals surface area contributed by atoms with Crippen LogP contribution >= 0.6 is 11.6 Å². The maximum atomic E-state index is 5.98. The van der Waals surface area contributed by atoms with E-state index in [4.69, 9.17) is 16.3 Å². The van der Waals surface area contributed by atoms with E-state index >= 15 is 0 Å². The lowest BCUT2D eigenvalue weighted by Crippen LogP contribution is -2.06. The summed E-state index contributed by atoms with van der Waals surface area (Å²) >= 11 is 5.98. The fourth-order valence-electron chi connectivity index (χ4n) is 2.83. The number of aryl methyl sites for hydroxylation is 1. The third-order valence-electron chi connectivity index (χ3n) is 3.97. The first-order chi connectivity index (χ1) is 12.6. The summed E-state index contributed by atoms with van der Waals surface area (Å²) in [7, 11) is 0. The number of nitrogens with zero attached hydrogens (tertiary/aromatic N) is 3. The number of hydrogen-bond donors (Lipinski definition) is 0. The van der Waals surface area contributed by atoms with Crippen LogP contribution in [0.4, 0.5) is 0 Å². The van der Waals surface area contributed by atoms with E-state index in [-0.39, 0.29) is 12.0 Å². The molecule has 3 aromatic rings. The molecule has 0 fully saturated rings. The van der Waals surface area contributed by atoms with Gasteiger partial charge in [-0.25, -0.2) is 9.67 Å². The highest BCUT2D eigenvalue weighted by atomic mass is 35.5. The predicted octanol–water partition coefficient (Wildman–Crippen LogP) is 5.41. The van der Waals surface area contributed by atoms with Crippen LogP contribution in [0.25, 0.3) is 17.1 Å². The Morgan fingerprint density at radius 3 is 2.31 bits per heavy atom. The van der Waals surface area contributed by atoms with Gasteiger partial charge in [0.05, 0.1) is 17.7 Å². The Balaban J connectivity index is 1.95. The molecule has 0 spiro atoms. The molecule has 0 radical (unpaired) electrons.